The zero-order chi connectivity index (χ0) is 22.4. The van der Waals surface area contributed by atoms with E-state index < -0.39 is 21.7 Å². The maximum absolute atomic E-state index is 13.1. The topological polar surface area (TPSA) is 118 Å². The number of methoxy groups -OCH3 is 1. The molecule has 3 heterocycles. The molecule has 2 N–H and O–H groups in total. The van der Waals surface area contributed by atoms with Crippen LogP contribution in [0.3, 0.4) is 0 Å². The Morgan fingerprint density at radius 2 is 2.13 bits per heavy atom. The molecule has 4 rings (SSSR count). The summed E-state index contributed by atoms with van der Waals surface area (Å²) >= 11 is 1.29. The molecule has 31 heavy (non-hydrogen) atoms. The average Bonchev–Trinajstić information content (AvgIpc) is 3.25. The Balaban J connectivity index is 1.81. The summed E-state index contributed by atoms with van der Waals surface area (Å²) in [5.41, 5.74) is 0.872. The first kappa shape index (κ1) is 21.6. The Kier molecular flexibility index (Phi) is 5.46. The minimum atomic E-state index is -3.89. The van der Waals surface area contributed by atoms with E-state index in [9.17, 15) is 13.5 Å². The number of nitrogens with zero attached hydrogens (tertiary/aromatic N) is 4. The highest BCUT2D eigenvalue weighted by molar-refractivity contribution is 7.89. The van der Waals surface area contributed by atoms with Crippen LogP contribution in [0.25, 0.3) is 16.2 Å². The predicted octanol–water partition coefficient (Wildman–Crippen LogP) is 2.64. The van der Waals surface area contributed by atoms with Crippen molar-refractivity contribution in [1.82, 2.24) is 19.3 Å². The van der Waals surface area contributed by atoms with Gasteiger partial charge in [0.2, 0.25) is 15.0 Å². The molecule has 1 unspecified atom stereocenters. The maximum Gasteiger partial charge on any atom is 0.244 e. The number of aromatic nitrogens is 3. The smallest absolute Gasteiger partial charge is 0.244 e. The van der Waals surface area contributed by atoms with Crippen LogP contribution in [-0.2, 0) is 15.6 Å². The monoisotopic (exact) mass is 461 g/mol. The van der Waals surface area contributed by atoms with Crippen LogP contribution in [0.1, 0.15) is 31.0 Å². The highest BCUT2D eigenvalue weighted by atomic mass is 32.2. The lowest BCUT2D eigenvalue weighted by atomic mass is 10.1. The van der Waals surface area contributed by atoms with Crippen LogP contribution >= 0.6 is 11.3 Å². The number of rotatable bonds is 6. The van der Waals surface area contributed by atoms with Gasteiger partial charge in [0.25, 0.3) is 0 Å². The van der Waals surface area contributed by atoms with Gasteiger partial charge in [-0.15, -0.1) is 0 Å². The lowest BCUT2D eigenvalue weighted by Crippen LogP contribution is -2.36. The van der Waals surface area contributed by atoms with Crippen molar-refractivity contribution in [3.63, 3.8) is 0 Å². The summed E-state index contributed by atoms with van der Waals surface area (Å²) in [7, 11) is -2.46. The average molecular weight is 462 g/mol. The number of ether oxygens (including phenoxy) is 1. The van der Waals surface area contributed by atoms with Crippen molar-refractivity contribution in [3.05, 3.63) is 41.2 Å². The molecule has 0 spiro atoms. The maximum atomic E-state index is 13.1. The molecule has 0 saturated heterocycles. The summed E-state index contributed by atoms with van der Waals surface area (Å²) in [4.78, 5) is 9.18. The summed E-state index contributed by atoms with van der Waals surface area (Å²) in [6.07, 6.45) is 5.52. The lowest BCUT2D eigenvalue weighted by molar-refractivity contribution is 0.0773. The standard InChI is InChI=1S/C20H23N5O4S2/c1-12-17(25-19(22-12)30-18(23-25)20(2,3)26)13-7-8-15(29-4)16(10-13)31(27,28)24-14-6-5-9-21-11-14/h5,7-11,14,24,26H,6H2,1-4H3. The predicted molar refractivity (Wildman–Crippen MR) is 119 cm³/mol. The van der Waals surface area contributed by atoms with Crippen LogP contribution in [0, 0.1) is 6.92 Å². The van der Waals surface area contributed by atoms with Crippen LogP contribution in [-0.4, -0.2) is 47.5 Å². The first-order chi connectivity index (χ1) is 14.6. The van der Waals surface area contributed by atoms with Gasteiger partial charge in [0, 0.05) is 18.0 Å². The Morgan fingerprint density at radius 3 is 2.77 bits per heavy atom. The third kappa shape index (κ3) is 4.13. The molecule has 1 aromatic carbocycles. The molecule has 1 aliphatic rings. The number of fused-ring (bicyclic) bond motifs is 1. The quantitative estimate of drug-likeness (QED) is 0.583. The molecule has 0 amide bonds. The second-order valence-electron chi connectivity index (χ2n) is 7.72. The van der Waals surface area contributed by atoms with Crippen molar-refractivity contribution in [2.24, 2.45) is 4.99 Å². The largest absolute Gasteiger partial charge is 0.495 e. The second kappa shape index (κ2) is 7.83. The van der Waals surface area contributed by atoms with Gasteiger partial charge >= 0.3 is 0 Å². The number of benzene rings is 1. The molecular formula is C20H23N5O4S2. The minimum absolute atomic E-state index is 0.0164. The summed E-state index contributed by atoms with van der Waals surface area (Å²) in [6.45, 7) is 5.15. The lowest BCUT2D eigenvalue weighted by Gasteiger charge is -2.17. The van der Waals surface area contributed by atoms with E-state index >= 15 is 0 Å². The molecule has 0 aliphatic carbocycles. The number of aliphatic imine (C=N–C) groups is 1. The van der Waals surface area contributed by atoms with E-state index in [0.717, 1.165) is 0 Å². The Hall–Kier alpha value is -2.60. The first-order valence-electron chi connectivity index (χ1n) is 9.58. The van der Waals surface area contributed by atoms with Gasteiger partial charge < -0.3 is 9.84 Å². The molecule has 11 heteroatoms. The fourth-order valence-electron chi connectivity index (χ4n) is 3.29. The van der Waals surface area contributed by atoms with Crippen LogP contribution < -0.4 is 9.46 Å². The highest BCUT2D eigenvalue weighted by Gasteiger charge is 2.27. The van der Waals surface area contributed by atoms with Crippen LogP contribution in [0.5, 0.6) is 5.75 Å². The van der Waals surface area contributed by atoms with Crippen LogP contribution in [0.4, 0.5) is 0 Å². The van der Waals surface area contributed by atoms with Gasteiger partial charge in [-0.2, -0.15) is 5.10 Å². The molecule has 9 nitrogen and oxygen atoms in total. The third-order valence-corrected chi connectivity index (χ3v) is 7.51. The van der Waals surface area contributed by atoms with E-state index in [1.54, 1.807) is 55.1 Å². The van der Waals surface area contributed by atoms with E-state index in [1.165, 1.54) is 18.4 Å². The molecular weight excluding hydrogens is 438 g/mol. The van der Waals surface area contributed by atoms with E-state index in [4.69, 9.17) is 4.74 Å². The molecule has 0 fully saturated rings. The molecule has 1 atom stereocenters. The number of aliphatic hydroxyl groups is 1. The van der Waals surface area contributed by atoms with Crippen molar-refractivity contribution < 1.29 is 18.3 Å². The van der Waals surface area contributed by atoms with Crippen molar-refractivity contribution in [3.8, 4) is 17.0 Å². The van der Waals surface area contributed by atoms with Crippen LogP contribution in [0.15, 0.2) is 40.4 Å². The summed E-state index contributed by atoms with van der Waals surface area (Å²) < 4.78 is 35.9. The van der Waals surface area contributed by atoms with Gasteiger partial charge in [-0.1, -0.05) is 17.4 Å². The number of imidazole rings is 1. The SMILES string of the molecule is COc1ccc(-c2c(C)nc3sc(C(C)(C)O)nn23)cc1S(=O)(=O)NC1C=NC=CC1. The molecule has 0 radical (unpaired) electrons. The Labute approximate surface area is 184 Å². The number of nitrogens with one attached hydrogen (secondary N) is 1. The molecule has 1 aliphatic heterocycles. The van der Waals surface area contributed by atoms with E-state index in [1.807, 2.05) is 6.92 Å². The first-order valence-corrected chi connectivity index (χ1v) is 11.9. The van der Waals surface area contributed by atoms with Crippen molar-refractivity contribution in [2.45, 2.75) is 43.7 Å². The Morgan fingerprint density at radius 1 is 1.35 bits per heavy atom. The summed E-state index contributed by atoms with van der Waals surface area (Å²) in [5.74, 6) is 0.230. The fraction of sp³-hybridized carbons (Fsp3) is 0.350. The molecule has 2 aromatic heterocycles. The van der Waals surface area contributed by atoms with Crippen molar-refractivity contribution in [2.75, 3.05) is 7.11 Å². The number of hydrogen-bond acceptors (Lipinski definition) is 8. The minimum Gasteiger partial charge on any atom is -0.495 e. The van der Waals surface area contributed by atoms with Gasteiger partial charge in [-0.25, -0.2) is 22.6 Å². The van der Waals surface area contributed by atoms with E-state index in [0.29, 0.717) is 33.3 Å². The number of aryl methyl sites for hydroxylation is 1. The summed E-state index contributed by atoms with van der Waals surface area (Å²) in [5, 5.41) is 15.3. The van der Waals surface area contributed by atoms with Gasteiger partial charge in [0.05, 0.1) is 24.5 Å². The number of sulfonamides is 1. The van der Waals surface area contributed by atoms with Gasteiger partial charge in [0.15, 0.2) is 0 Å². The van der Waals surface area contributed by atoms with Crippen LogP contribution in [0.2, 0.25) is 0 Å². The van der Waals surface area contributed by atoms with Crippen molar-refractivity contribution >= 4 is 32.5 Å². The Bertz CT molecular complexity index is 1300. The van der Waals surface area contributed by atoms with Gasteiger partial charge in [0.1, 0.15) is 21.3 Å². The molecule has 0 bridgehead atoms. The van der Waals surface area contributed by atoms with Gasteiger partial charge in [-0.05, 0) is 45.4 Å². The zero-order valence-corrected chi connectivity index (χ0v) is 19.2. The fourth-order valence-corrected chi connectivity index (χ4v) is 5.61. The molecule has 164 valence electrons. The number of hydrogen-bond donors (Lipinski definition) is 2. The third-order valence-electron chi connectivity index (χ3n) is 4.78. The van der Waals surface area contributed by atoms with E-state index in [-0.39, 0.29) is 10.6 Å². The normalized spacial score (nSPS) is 16.9. The zero-order valence-electron chi connectivity index (χ0n) is 17.5. The second-order valence-corrected chi connectivity index (χ2v) is 10.4. The molecule has 0 saturated carbocycles. The summed E-state index contributed by atoms with van der Waals surface area (Å²) in [6, 6.07) is 4.50. The van der Waals surface area contributed by atoms with Crippen molar-refractivity contribution in [1.29, 1.82) is 0 Å². The van der Waals surface area contributed by atoms with Gasteiger partial charge in [-0.3, -0.25) is 4.99 Å². The molecule has 3 aromatic rings. The van der Waals surface area contributed by atoms with E-state index in [2.05, 4.69) is 19.8 Å². The highest BCUT2D eigenvalue weighted by Crippen LogP contribution is 2.34.